The van der Waals surface area contributed by atoms with Gasteiger partial charge in [0, 0.05) is 16.8 Å². The number of hydrogen-bond acceptors (Lipinski definition) is 4. The van der Waals surface area contributed by atoms with E-state index in [-0.39, 0.29) is 5.91 Å². The number of nitrogens with two attached hydrogens (primary N) is 1. The third-order valence-corrected chi connectivity index (χ3v) is 3.24. The molecule has 1 heterocycles. The standard InChI is InChI=1S/C14H17N3O2/c1-7-5-8(2)12(15)6-11(7)13(18)16-14-9(3)10(4)17-19-14/h5-6H,15H2,1-4H3,(H,16,18). The number of rotatable bonds is 2. The molecule has 2 aromatic rings. The molecule has 0 unspecified atom stereocenters. The van der Waals surface area contributed by atoms with Gasteiger partial charge in [0.15, 0.2) is 0 Å². The zero-order valence-corrected chi connectivity index (χ0v) is 11.5. The molecule has 1 aromatic heterocycles. The van der Waals surface area contributed by atoms with Crippen molar-refractivity contribution in [3.05, 3.63) is 40.1 Å². The Kier molecular flexibility index (Phi) is 3.29. The van der Waals surface area contributed by atoms with E-state index in [2.05, 4.69) is 10.5 Å². The van der Waals surface area contributed by atoms with Gasteiger partial charge in [-0.05, 0) is 44.9 Å². The molecule has 0 fully saturated rings. The first kappa shape index (κ1) is 13.1. The molecule has 0 radical (unpaired) electrons. The summed E-state index contributed by atoms with van der Waals surface area (Å²) in [6.07, 6.45) is 0. The topological polar surface area (TPSA) is 81.2 Å². The monoisotopic (exact) mass is 259 g/mol. The van der Waals surface area contributed by atoms with E-state index in [1.54, 1.807) is 6.07 Å². The molecule has 5 heteroatoms. The Morgan fingerprint density at radius 2 is 1.89 bits per heavy atom. The molecule has 2 rings (SSSR count). The molecule has 0 spiro atoms. The van der Waals surface area contributed by atoms with Gasteiger partial charge < -0.3 is 10.3 Å². The third-order valence-electron chi connectivity index (χ3n) is 3.24. The molecule has 0 saturated carbocycles. The minimum Gasteiger partial charge on any atom is -0.398 e. The number of carbonyl (C=O) groups is 1. The van der Waals surface area contributed by atoms with Crippen molar-refractivity contribution in [2.24, 2.45) is 0 Å². The molecule has 5 nitrogen and oxygen atoms in total. The van der Waals surface area contributed by atoms with Crippen LogP contribution in [0.15, 0.2) is 16.7 Å². The minimum atomic E-state index is -0.247. The lowest BCUT2D eigenvalue weighted by atomic mass is 10.0. The van der Waals surface area contributed by atoms with Crippen LogP contribution in [0.1, 0.15) is 32.7 Å². The van der Waals surface area contributed by atoms with Gasteiger partial charge in [0.05, 0.1) is 5.69 Å². The number of benzene rings is 1. The van der Waals surface area contributed by atoms with E-state index in [0.717, 1.165) is 22.4 Å². The van der Waals surface area contributed by atoms with E-state index in [4.69, 9.17) is 10.3 Å². The smallest absolute Gasteiger partial charge is 0.258 e. The Bertz CT molecular complexity index is 644. The highest BCUT2D eigenvalue weighted by Gasteiger charge is 2.15. The first-order valence-electron chi connectivity index (χ1n) is 6.01. The van der Waals surface area contributed by atoms with E-state index >= 15 is 0 Å². The van der Waals surface area contributed by atoms with Crippen molar-refractivity contribution in [2.45, 2.75) is 27.7 Å². The second-order valence-corrected chi connectivity index (χ2v) is 4.70. The maximum absolute atomic E-state index is 12.2. The molecule has 3 N–H and O–H groups in total. The number of amides is 1. The Morgan fingerprint density at radius 3 is 2.47 bits per heavy atom. The van der Waals surface area contributed by atoms with Crippen LogP contribution < -0.4 is 11.1 Å². The molecule has 0 bridgehead atoms. The number of anilines is 2. The maximum atomic E-state index is 12.2. The Balaban J connectivity index is 2.30. The first-order valence-corrected chi connectivity index (χ1v) is 6.01. The predicted molar refractivity (Wildman–Crippen MR) is 74.3 cm³/mol. The number of hydrogen-bond donors (Lipinski definition) is 2. The van der Waals surface area contributed by atoms with Crippen LogP contribution in [0.5, 0.6) is 0 Å². The highest BCUT2D eigenvalue weighted by molar-refractivity contribution is 6.05. The molecule has 0 aliphatic heterocycles. The van der Waals surface area contributed by atoms with Crippen LogP contribution in [0.3, 0.4) is 0 Å². The van der Waals surface area contributed by atoms with Crippen molar-refractivity contribution in [1.82, 2.24) is 5.16 Å². The van der Waals surface area contributed by atoms with Gasteiger partial charge in [-0.25, -0.2) is 0 Å². The minimum absolute atomic E-state index is 0.247. The second-order valence-electron chi connectivity index (χ2n) is 4.70. The van der Waals surface area contributed by atoms with Crippen LogP contribution in [-0.2, 0) is 0 Å². The summed E-state index contributed by atoms with van der Waals surface area (Å²) in [5.41, 5.74) is 10.4. The van der Waals surface area contributed by atoms with Crippen LogP contribution >= 0.6 is 0 Å². The Hall–Kier alpha value is -2.30. The molecule has 1 amide bonds. The summed E-state index contributed by atoms with van der Waals surface area (Å²) >= 11 is 0. The fourth-order valence-corrected chi connectivity index (χ4v) is 1.82. The molecule has 1 aromatic carbocycles. The zero-order chi connectivity index (χ0) is 14.2. The van der Waals surface area contributed by atoms with Crippen molar-refractivity contribution in [2.75, 3.05) is 11.1 Å². The summed E-state index contributed by atoms with van der Waals surface area (Å²) in [4.78, 5) is 12.2. The van der Waals surface area contributed by atoms with Gasteiger partial charge in [-0.15, -0.1) is 0 Å². The van der Waals surface area contributed by atoms with Crippen LogP contribution in [-0.4, -0.2) is 11.1 Å². The van der Waals surface area contributed by atoms with Crippen LogP contribution in [0.4, 0.5) is 11.6 Å². The summed E-state index contributed by atoms with van der Waals surface area (Å²) < 4.78 is 5.07. The van der Waals surface area contributed by atoms with Crippen molar-refractivity contribution in [3.8, 4) is 0 Å². The summed E-state index contributed by atoms with van der Waals surface area (Å²) in [6, 6.07) is 3.57. The molecule has 0 atom stereocenters. The van der Waals surface area contributed by atoms with E-state index in [9.17, 15) is 4.79 Å². The Morgan fingerprint density at radius 1 is 1.21 bits per heavy atom. The quantitative estimate of drug-likeness (QED) is 0.812. The molecule has 100 valence electrons. The molecule has 0 aliphatic rings. The average Bonchev–Trinajstić information content (AvgIpc) is 2.65. The molecule has 0 saturated heterocycles. The van der Waals surface area contributed by atoms with Gasteiger partial charge in [0.25, 0.3) is 5.91 Å². The van der Waals surface area contributed by atoms with Crippen molar-refractivity contribution in [3.63, 3.8) is 0 Å². The maximum Gasteiger partial charge on any atom is 0.258 e. The van der Waals surface area contributed by atoms with Gasteiger partial charge in [-0.2, -0.15) is 0 Å². The lowest BCUT2D eigenvalue weighted by molar-refractivity contribution is 0.102. The highest BCUT2D eigenvalue weighted by Crippen LogP contribution is 2.21. The third kappa shape index (κ3) is 2.45. The normalized spacial score (nSPS) is 10.5. The van der Waals surface area contributed by atoms with E-state index < -0.39 is 0 Å². The number of nitrogens with one attached hydrogen (secondary N) is 1. The van der Waals surface area contributed by atoms with Crippen LogP contribution in [0, 0.1) is 27.7 Å². The summed E-state index contributed by atoms with van der Waals surface area (Å²) in [5.74, 6) is 0.129. The fourth-order valence-electron chi connectivity index (χ4n) is 1.82. The number of carbonyl (C=O) groups excluding carboxylic acids is 1. The predicted octanol–water partition coefficient (Wildman–Crippen LogP) is 2.74. The van der Waals surface area contributed by atoms with E-state index in [1.165, 1.54) is 0 Å². The lowest BCUT2D eigenvalue weighted by Gasteiger charge is -2.09. The van der Waals surface area contributed by atoms with Gasteiger partial charge in [0.1, 0.15) is 0 Å². The van der Waals surface area contributed by atoms with Crippen LogP contribution in [0.25, 0.3) is 0 Å². The largest absolute Gasteiger partial charge is 0.398 e. The van der Waals surface area contributed by atoms with Crippen molar-refractivity contribution in [1.29, 1.82) is 0 Å². The summed E-state index contributed by atoms with van der Waals surface area (Å²) in [7, 11) is 0. The fraction of sp³-hybridized carbons (Fsp3) is 0.286. The van der Waals surface area contributed by atoms with Crippen molar-refractivity contribution >= 4 is 17.5 Å². The van der Waals surface area contributed by atoms with Gasteiger partial charge in [-0.3, -0.25) is 10.1 Å². The van der Waals surface area contributed by atoms with Gasteiger partial charge in [0.2, 0.25) is 5.88 Å². The second kappa shape index (κ2) is 4.76. The van der Waals surface area contributed by atoms with Crippen LogP contribution in [0.2, 0.25) is 0 Å². The SMILES string of the molecule is Cc1cc(C)c(C(=O)Nc2onc(C)c2C)cc1N. The number of nitrogens with zero attached hydrogens (tertiary/aromatic N) is 1. The van der Waals surface area contributed by atoms with Gasteiger partial charge in [-0.1, -0.05) is 11.2 Å². The number of aryl methyl sites for hydroxylation is 3. The summed E-state index contributed by atoms with van der Waals surface area (Å²) in [5, 5.41) is 6.51. The first-order chi connectivity index (χ1) is 8.90. The number of aromatic nitrogens is 1. The summed E-state index contributed by atoms with van der Waals surface area (Å²) in [6.45, 7) is 7.45. The zero-order valence-electron chi connectivity index (χ0n) is 11.5. The van der Waals surface area contributed by atoms with E-state index in [1.807, 2.05) is 33.8 Å². The molecule has 19 heavy (non-hydrogen) atoms. The lowest BCUT2D eigenvalue weighted by Crippen LogP contribution is -2.14. The average molecular weight is 259 g/mol. The van der Waals surface area contributed by atoms with Gasteiger partial charge >= 0.3 is 0 Å². The highest BCUT2D eigenvalue weighted by atomic mass is 16.5. The molecular weight excluding hydrogens is 242 g/mol. The van der Waals surface area contributed by atoms with Crippen molar-refractivity contribution < 1.29 is 9.32 Å². The number of nitrogen functional groups attached to an aromatic ring is 1. The molecule has 0 aliphatic carbocycles. The Labute approximate surface area is 111 Å². The molecular formula is C14H17N3O2. The van der Waals surface area contributed by atoms with E-state index in [0.29, 0.717) is 17.1 Å².